The molecule has 5 nitrogen and oxygen atoms in total. The molecule has 2 aromatic rings. The Morgan fingerprint density at radius 3 is 2.48 bits per heavy atom. The molecule has 21 heavy (non-hydrogen) atoms. The number of hydrogen-bond donors (Lipinski definition) is 1. The van der Waals surface area contributed by atoms with Crippen LogP contribution in [0.3, 0.4) is 0 Å². The minimum Gasteiger partial charge on any atom is -0.493 e. The van der Waals surface area contributed by atoms with Crippen LogP contribution in [0.1, 0.15) is 35.7 Å². The molecule has 0 radical (unpaired) electrons. The largest absolute Gasteiger partial charge is 0.493 e. The van der Waals surface area contributed by atoms with Crippen molar-refractivity contribution in [3.8, 4) is 11.5 Å². The number of nitrogens with zero attached hydrogens (tertiary/aromatic N) is 2. The second kappa shape index (κ2) is 6.54. The minimum atomic E-state index is -0.555. The first-order valence-electron chi connectivity index (χ1n) is 6.76. The topological polar surface area (TPSA) is 64.5 Å². The third-order valence-corrected chi connectivity index (χ3v) is 3.33. The number of benzene rings is 1. The van der Waals surface area contributed by atoms with Gasteiger partial charge in [-0.25, -0.2) is 9.97 Å². The Balaban J connectivity index is 2.24. The Kier molecular flexibility index (Phi) is 4.75. The van der Waals surface area contributed by atoms with Crippen LogP contribution in [0, 0.1) is 6.92 Å². The lowest BCUT2D eigenvalue weighted by Gasteiger charge is -2.11. The van der Waals surface area contributed by atoms with E-state index in [1.807, 2.05) is 25.1 Å². The van der Waals surface area contributed by atoms with E-state index < -0.39 is 6.10 Å². The Morgan fingerprint density at radius 2 is 1.90 bits per heavy atom. The number of methoxy groups -OCH3 is 2. The molecule has 1 aromatic heterocycles. The van der Waals surface area contributed by atoms with Crippen LogP contribution in [0.15, 0.2) is 24.4 Å². The van der Waals surface area contributed by atoms with Crippen LogP contribution >= 0.6 is 0 Å². The summed E-state index contributed by atoms with van der Waals surface area (Å²) in [5.41, 5.74) is 2.60. The van der Waals surface area contributed by atoms with Gasteiger partial charge in [-0.15, -0.1) is 0 Å². The second-order valence-corrected chi connectivity index (χ2v) is 4.87. The number of ether oxygens (including phenoxy) is 2. The van der Waals surface area contributed by atoms with E-state index in [0.717, 1.165) is 16.8 Å². The smallest absolute Gasteiger partial charge is 0.161 e. The molecule has 0 amide bonds. The van der Waals surface area contributed by atoms with Gasteiger partial charge in [0.25, 0.3) is 0 Å². The van der Waals surface area contributed by atoms with Gasteiger partial charge in [-0.2, -0.15) is 0 Å². The first kappa shape index (κ1) is 15.3. The molecular weight excluding hydrogens is 268 g/mol. The summed E-state index contributed by atoms with van der Waals surface area (Å²) in [5, 5.41) is 9.60. The molecule has 0 aliphatic rings. The van der Waals surface area contributed by atoms with Crippen molar-refractivity contribution in [2.75, 3.05) is 14.2 Å². The van der Waals surface area contributed by atoms with Gasteiger partial charge in [0.1, 0.15) is 5.82 Å². The zero-order chi connectivity index (χ0) is 15.4. The van der Waals surface area contributed by atoms with Crippen molar-refractivity contribution in [3.05, 3.63) is 47.0 Å². The van der Waals surface area contributed by atoms with Crippen molar-refractivity contribution in [3.63, 3.8) is 0 Å². The first-order chi connectivity index (χ1) is 10.0. The zero-order valence-corrected chi connectivity index (χ0v) is 12.8. The van der Waals surface area contributed by atoms with E-state index in [9.17, 15) is 5.11 Å². The molecule has 5 heteroatoms. The maximum Gasteiger partial charge on any atom is 0.161 e. The van der Waals surface area contributed by atoms with Crippen LogP contribution in [-0.4, -0.2) is 29.3 Å². The average Bonchev–Trinajstić information content (AvgIpc) is 2.46. The summed E-state index contributed by atoms with van der Waals surface area (Å²) >= 11 is 0. The average molecular weight is 288 g/mol. The summed E-state index contributed by atoms with van der Waals surface area (Å²) in [4.78, 5) is 8.76. The molecule has 1 N–H and O–H groups in total. The van der Waals surface area contributed by atoms with Gasteiger partial charge in [-0.3, -0.25) is 0 Å². The van der Waals surface area contributed by atoms with Gasteiger partial charge in [0.2, 0.25) is 0 Å². The van der Waals surface area contributed by atoms with E-state index in [0.29, 0.717) is 23.7 Å². The molecule has 0 aliphatic carbocycles. The lowest BCUT2D eigenvalue weighted by molar-refractivity contribution is 0.197. The fourth-order valence-electron chi connectivity index (χ4n) is 2.19. The molecule has 1 atom stereocenters. The molecule has 112 valence electrons. The van der Waals surface area contributed by atoms with E-state index in [1.165, 1.54) is 0 Å². The van der Waals surface area contributed by atoms with Crippen LogP contribution in [0.2, 0.25) is 0 Å². The zero-order valence-electron chi connectivity index (χ0n) is 12.8. The Bertz CT molecular complexity index is 627. The summed E-state index contributed by atoms with van der Waals surface area (Å²) in [7, 11) is 3.22. The van der Waals surface area contributed by atoms with Crippen molar-refractivity contribution < 1.29 is 14.6 Å². The summed E-state index contributed by atoms with van der Waals surface area (Å²) < 4.78 is 10.5. The standard InChI is InChI=1S/C16H20N2O3/c1-10-13(11(2)19)9-17-16(18-10)8-12-5-6-14(20-3)15(7-12)21-4/h5-7,9,11,19H,8H2,1-4H3. The predicted molar refractivity (Wildman–Crippen MR) is 79.8 cm³/mol. The van der Waals surface area contributed by atoms with Crippen molar-refractivity contribution in [1.29, 1.82) is 0 Å². The molecule has 1 aromatic carbocycles. The molecule has 0 spiro atoms. The third-order valence-electron chi connectivity index (χ3n) is 3.33. The fourth-order valence-corrected chi connectivity index (χ4v) is 2.19. The number of aromatic nitrogens is 2. The van der Waals surface area contributed by atoms with E-state index in [2.05, 4.69) is 9.97 Å². The van der Waals surface area contributed by atoms with E-state index in [1.54, 1.807) is 27.3 Å². The van der Waals surface area contributed by atoms with Crippen LogP contribution in [0.25, 0.3) is 0 Å². The van der Waals surface area contributed by atoms with Crippen LogP contribution in [-0.2, 0) is 6.42 Å². The second-order valence-electron chi connectivity index (χ2n) is 4.87. The highest BCUT2D eigenvalue weighted by Crippen LogP contribution is 2.28. The number of hydrogen-bond acceptors (Lipinski definition) is 5. The molecule has 1 unspecified atom stereocenters. The minimum absolute atomic E-state index is 0.555. The van der Waals surface area contributed by atoms with Gasteiger partial charge in [0.15, 0.2) is 11.5 Å². The van der Waals surface area contributed by atoms with E-state index in [-0.39, 0.29) is 0 Å². The number of aryl methyl sites for hydroxylation is 1. The van der Waals surface area contributed by atoms with Crippen molar-refractivity contribution in [2.24, 2.45) is 0 Å². The van der Waals surface area contributed by atoms with Gasteiger partial charge in [0.05, 0.1) is 20.3 Å². The molecular formula is C16H20N2O3. The van der Waals surface area contributed by atoms with Gasteiger partial charge < -0.3 is 14.6 Å². The maximum absolute atomic E-state index is 9.60. The van der Waals surface area contributed by atoms with Gasteiger partial charge in [-0.1, -0.05) is 6.07 Å². The number of aliphatic hydroxyl groups is 1. The highest BCUT2D eigenvalue weighted by Gasteiger charge is 2.10. The van der Waals surface area contributed by atoms with Crippen molar-refractivity contribution in [2.45, 2.75) is 26.4 Å². The first-order valence-corrected chi connectivity index (χ1v) is 6.76. The lowest BCUT2D eigenvalue weighted by Crippen LogP contribution is -2.04. The Hall–Kier alpha value is -2.14. The molecule has 2 rings (SSSR count). The highest BCUT2D eigenvalue weighted by molar-refractivity contribution is 5.43. The highest BCUT2D eigenvalue weighted by atomic mass is 16.5. The monoisotopic (exact) mass is 288 g/mol. The Labute approximate surface area is 124 Å². The van der Waals surface area contributed by atoms with Crippen LogP contribution < -0.4 is 9.47 Å². The summed E-state index contributed by atoms with van der Waals surface area (Å²) in [5.74, 6) is 2.10. The van der Waals surface area contributed by atoms with Crippen LogP contribution in [0.4, 0.5) is 0 Å². The van der Waals surface area contributed by atoms with Gasteiger partial charge in [-0.05, 0) is 31.5 Å². The summed E-state index contributed by atoms with van der Waals surface area (Å²) in [6, 6.07) is 5.74. The van der Waals surface area contributed by atoms with Gasteiger partial charge >= 0.3 is 0 Å². The Morgan fingerprint density at radius 1 is 1.19 bits per heavy atom. The molecule has 0 fully saturated rings. The normalized spacial score (nSPS) is 12.0. The molecule has 1 heterocycles. The molecule has 0 saturated heterocycles. The molecule has 0 saturated carbocycles. The van der Waals surface area contributed by atoms with E-state index >= 15 is 0 Å². The SMILES string of the molecule is COc1ccc(Cc2ncc(C(C)O)c(C)n2)cc1OC. The predicted octanol–water partition coefficient (Wildman–Crippen LogP) is 2.45. The number of rotatable bonds is 5. The number of aliphatic hydroxyl groups excluding tert-OH is 1. The van der Waals surface area contributed by atoms with Crippen molar-refractivity contribution in [1.82, 2.24) is 9.97 Å². The molecule has 0 bridgehead atoms. The lowest BCUT2D eigenvalue weighted by atomic mass is 10.1. The van der Waals surface area contributed by atoms with E-state index in [4.69, 9.17) is 9.47 Å². The van der Waals surface area contributed by atoms with Crippen LogP contribution in [0.5, 0.6) is 11.5 Å². The maximum atomic E-state index is 9.60. The summed E-state index contributed by atoms with van der Waals surface area (Å²) in [6.07, 6.45) is 1.73. The summed E-state index contributed by atoms with van der Waals surface area (Å²) in [6.45, 7) is 3.58. The van der Waals surface area contributed by atoms with Crippen molar-refractivity contribution >= 4 is 0 Å². The quantitative estimate of drug-likeness (QED) is 0.915. The molecule has 0 aliphatic heterocycles. The third kappa shape index (κ3) is 3.49. The fraction of sp³-hybridized carbons (Fsp3) is 0.375. The van der Waals surface area contributed by atoms with Gasteiger partial charge in [0, 0.05) is 23.9 Å².